The van der Waals surface area contributed by atoms with Crippen LogP contribution in [0.3, 0.4) is 0 Å². The Morgan fingerprint density at radius 3 is 2.50 bits per heavy atom. The predicted octanol–water partition coefficient (Wildman–Crippen LogP) is 0.180. The van der Waals surface area contributed by atoms with E-state index in [9.17, 15) is 0 Å². The summed E-state index contributed by atoms with van der Waals surface area (Å²) >= 11 is 0. The van der Waals surface area contributed by atoms with E-state index in [0.29, 0.717) is 0 Å². The summed E-state index contributed by atoms with van der Waals surface area (Å²) < 4.78 is 0. The molecule has 8 heavy (non-hydrogen) atoms. The lowest BCUT2D eigenvalue weighted by Crippen LogP contribution is -2.20. The average molecular weight is 111 g/mol. The Morgan fingerprint density at radius 1 is 1.50 bits per heavy atom. The van der Waals surface area contributed by atoms with Crippen molar-refractivity contribution < 1.29 is 0 Å². The van der Waals surface area contributed by atoms with Crippen LogP contribution in [0.4, 0.5) is 0 Å². The van der Waals surface area contributed by atoms with Crippen LogP contribution in [-0.2, 0) is 0 Å². The number of hydrogen-bond acceptors (Lipinski definition) is 1. The molecular formula is C6H14BN. The Morgan fingerprint density at radius 2 is 2.25 bits per heavy atom. The van der Waals surface area contributed by atoms with Gasteiger partial charge in [0, 0.05) is 6.04 Å². The molecule has 0 aromatic heterocycles. The van der Waals surface area contributed by atoms with Gasteiger partial charge in [0.25, 0.3) is 0 Å². The van der Waals surface area contributed by atoms with E-state index < -0.39 is 0 Å². The molecule has 1 aliphatic rings. The smallest absolute Gasteiger partial charge is 0.105 e. The minimum Gasteiger partial charge on any atom is -0.317 e. The van der Waals surface area contributed by atoms with Crippen LogP contribution in [0.15, 0.2) is 0 Å². The van der Waals surface area contributed by atoms with E-state index in [-0.39, 0.29) is 0 Å². The first kappa shape index (κ1) is 6.15. The van der Waals surface area contributed by atoms with E-state index in [2.05, 4.69) is 20.2 Å². The zero-order valence-corrected chi connectivity index (χ0v) is 5.78. The number of rotatable bonds is 1. The number of nitrogens with one attached hydrogen (secondary N) is 1. The fourth-order valence-electron chi connectivity index (χ4n) is 1.47. The second-order valence-corrected chi connectivity index (χ2v) is 2.90. The van der Waals surface area contributed by atoms with E-state index in [0.717, 1.165) is 11.9 Å². The highest BCUT2D eigenvalue weighted by Crippen LogP contribution is 2.26. The monoisotopic (exact) mass is 111 g/mol. The zero-order valence-electron chi connectivity index (χ0n) is 5.78. The van der Waals surface area contributed by atoms with Crippen molar-refractivity contribution in [1.82, 2.24) is 5.32 Å². The van der Waals surface area contributed by atoms with Crippen LogP contribution < -0.4 is 5.32 Å². The standard InChI is InChI=1S/C6H14BN/c1-8-6-3-2-5(7)4-6/h5-6,8H,2-4,7H2,1H3/t5-,6?/m0/s1. The van der Waals surface area contributed by atoms with Gasteiger partial charge in [-0.05, 0) is 19.9 Å². The van der Waals surface area contributed by atoms with Crippen LogP contribution in [0, 0.1) is 0 Å². The van der Waals surface area contributed by atoms with Crippen molar-refractivity contribution >= 4 is 7.85 Å². The molecule has 1 aliphatic carbocycles. The fourth-order valence-corrected chi connectivity index (χ4v) is 1.47. The van der Waals surface area contributed by atoms with Gasteiger partial charge in [-0.3, -0.25) is 0 Å². The Labute approximate surface area is 52.3 Å². The maximum Gasteiger partial charge on any atom is 0.105 e. The Balaban J connectivity index is 2.22. The highest BCUT2D eigenvalue weighted by Gasteiger charge is 2.18. The van der Waals surface area contributed by atoms with Crippen LogP contribution in [0.5, 0.6) is 0 Å². The summed E-state index contributed by atoms with van der Waals surface area (Å²) in [5.74, 6) is 0.965. The van der Waals surface area contributed by atoms with Gasteiger partial charge in [-0.25, -0.2) is 0 Å². The second kappa shape index (κ2) is 2.54. The van der Waals surface area contributed by atoms with Crippen molar-refractivity contribution in [3.05, 3.63) is 0 Å². The van der Waals surface area contributed by atoms with Gasteiger partial charge in [0.15, 0.2) is 0 Å². The summed E-state index contributed by atoms with van der Waals surface area (Å²) in [4.78, 5) is 0. The van der Waals surface area contributed by atoms with E-state index in [1.54, 1.807) is 0 Å². The average Bonchev–Trinajstić information content (AvgIpc) is 2.14. The molecule has 2 heteroatoms. The van der Waals surface area contributed by atoms with Gasteiger partial charge in [0.1, 0.15) is 7.85 Å². The molecule has 0 bridgehead atoms. The molecule has 0 heterocycles. The van der Waals surface area contributed by atoms with E-state index >= 15 is 0 Å². The first-order chi connectivity index (χ1) is 3.83. The molecule has 0 aromatic rings. The van der Waals surface area contributed by atoms with Crippen molar-refractivity contribution in [1.29, 1.82) is 0 Å². The molecule has 0 spiro atoms. The molecule has 0 aromatic carbocycles. The van der Waals surface area contributed by atoms with Gasteiger partial charge >= 0.3 is 0 Å². The molecular weight excluding hydrogens is 96.9 g/mol. The third kappa shape index (κ3) is 1.25. The van der Waals surface area contributed by atoms with Gasteiger partial charge in [0.2, 0.25) is 0 Å². The first-order valence-corrected chi connectivity index (χ1v) is 3.50. The first-order valence-electron chi connectivity index (χ1n) is 3.50. The Kier molecular flexibility index (Phi) is 1.95. The third-order valence-corrected chi connectivity index (χ3v) is 2.10. The van der Waals surface area contributed by atoms with Crippen LogP contribution in [0.1, 0.15) is 19.3 Å². The fraction of sp³-hybridized carbons (Fsp3) is 1.00. The zero-order chi connectivity index (χ0) is 5.98. The third-order valence-electron chi connectivity index (χ3n) is 2.10. The minimum absolute atomic E-state index is 0.824. The van der Waals surface area contributed by atoms with E-state index in [1.165, 1.54) is 19.3 Å². The molecule has 1 nitrogen and oxygen atoms in total. The molecule has 46 valence electrons. The molecule has 1 fully saturated rings. The maximum atomic E-state index is 3.29. The summed E-state index contributed by atoms with van der Waals surface area (Å²) in [6.45, 7) is 0. The Hall–Kier alpha value is 0.0249. The van der Waals surface area contributed by atoms with Gasteiger partial charge in [-0.2, -0.15) is 0 Å². The predicted molar refractivity (Wildman–Crippen MR) is 39.0 cm³/mol. The van der Waals surface area contributed by atoms with Crippen molar-refractivity contribution in [3.8, 4) is 0 Å². The van der Waals surface area contributed by atoms with Crippen LogP contribution in [-0.4, -0.2) is 20.9 Å². The molecule has 0 aliphatic heterocycles. The molecule has 1 rings (SSSR count). The second-order valence-electron chi connectivity index (χ2n) is 2.90. The van der Waals surface area contributed by atoms with E-state index in [1.807, 2.05) is 0 Å². The maximum absolute atomic E-state index is 3.29. The van der Waals surface area contributed by atoms with Crippen molar-refractivity contribution in [2.45, 2.75) is 31.1 Å². The van der Waals surface area contributed by atoms with E-state index in [4.69, 9.17) is 0 Å². The quantitative estimate of drug-likeness (QED) is 0.476. The Bertz CT molecular complexity index is 74.9. The molecule has 2 atom stereocenters. The molecule has 0 saturated heterocycles. The van der Waals surface area contributed by atoms with Crippen molar-refractivity contribution in [3.63, 3.8) is 0 Å². The number of hydrogen-bond donors (Lipinski definition) is 1. The summed E-state index contributed by atoms with van der Waals surface area (Å²) in [6, 6.07) is 0.824. The highest BCUT2D eigenvalue weighted by atomic mass is 14.9. The topological polar surface area (TPSA) is 12.0 Å². The largest absolute Gasteiger partial charge is 0.317 e. The lowest BCUT2D eigenvalue weighted by Gasteiger charge is -2.04. The molecule has 1 saturated carbocycles. The van der Waals surface area contributed by atoms with Crippen molar-refractivity contribution in [2.75, 3.05) is 7.05 Å². The lowest BCUT2D eigenvalue weighted by atomic mass is 9.86. The molecule has 1 N–H and O–H groups in total. The summed E-state index contributed by atoms with van der Waals surface area (Å²) in [5, 5.41) is 3.29. The molecule has 1 unspecified atom stereocenters. The van der Waals surface area contributed by atoms with Crippen LogP contribution in [0.2, 0.25) is 5.82 Å². The van der Waals surface area contributed by atoms with Gasteiger partial charge in [0.05, 0.1) is 0 Å². The molecule has 0 radical (unpaired) electrons. The minimum atomic E-state index is 0.824. The summed E-state index contributed by atoms with van der Waals surface area (Å²) in [5.41, 5.74) is 0. The van der Waals surface area contributed by atoms with Gasteiger partial charge < -0.3 is 5.32 Å². The highest BCUT2D eigenvalue weighted by molar-refractivity contribution is 6.11. The normalized spacial score (nSPS) is 38.1. The van der Waals surface area contributed by atoms with Gasteiger partial charge in [-0.15, -0.1) is 0 Å². The van der Waals surface area contributed by atoms with Crippen LogP contribution in [0.25, 0.3) is 0 Å². The van der Waals surface area contributed by atoms with Crippen LogP contribution >= 0.6 is 0 Å². The van der Waals surface area contributed by atoms with Gasteiger partial charge in [-0.1, -0.05) is 12.2 Å². The summed E-state index contributed by atoms with van der Waals surface area (Å²) in [7, 11) is 4.39. The van der Waals surface area contributed by atoms with Crippen molar-refractivity contribution in [2.24, 2.45) is 0 Å². The SMILES string of the molecule is B[C@H]1CCC(NC)C1. The molecule has 0 amide bonds. The summed E-state index contributed by atoms with van der Waals surface area (Å²) in [6.07, 6.45) is 4.19. The lowest BCUT2D eigenvalue weighted by molar-refractivity contribution is 0.582.